The second kappa shape index (κ2) is 12.3. The van der Waals surface area contributed by atoms with Crippen LogP contribution in [0.1, 0.15) is 34.1 Å². The van der Waals surface area contributed by atoms with E-state index in [-0.39, 0.29) is 19.1 Å². The Balaban J connectivity index is 2.03. The highest BCUT2D eigenvalue weighted by molar-refractivity contribution is 6.03. The third-order valence-corrected chi connectivity index (χ3v) is 5.35. The van der Waals surface area contributed by atoms with Gasteiger partial charge in [-0.3, -0.25) is 9.59 Å². The number of methoxy groups -OCH3 is 1. The monoisotopic (exact) mass is 469 g/mol. The fraction of sp³-hybridized carbons (Fsp3) is 0.696. The summed E-state index contributed by atoms with van der Waals surface area (Å²) in [7, 11) is 1.30. The number of aliphatic hydroxyl groups excluding tert-OH is 1. The molecule has 0 radical (unpaired) electrons. The lowest BCUT2D eigenvalue weighted by atomic mass is 9.88. The molecule has 0 aliphatic carbocycles. The van der Waals surface area contributed by atoms with E-state index in [1.54, 1.807) is 19.9 Å². The van der Waals surface area contributed by atoms with Crippen molar-refractivity contribution in [2.45, 2.75) is 58.0 Å². The highest BCUT2D eigenvalue weighted by Crippen LogP contribution is 2.35. The maximum atomic E-state index is 13.3. The Morgan fingerprint density at radius 3 is 2.45 bits per heavy atom. The summed E-state index contributed by atoms with van der Waals surface area (Å²) < 4.78 is 27.1. The standard InChI is InChI=1S/C23H35NO9/c1-15(2)20-23(3,4)33-22(28)24(20)21(27)19(29-5)18-17(26)9-8-16(32-18)7-6-11-30-13-14-31-12-10-25/h7-9,15,18-20,25H,6,10-14H2,1-5H3. The molecule has 0 aromatic rings. The van der Waals surface area contributed by atoms with Gasteiger partial charge in [0, 0.05) is 7.11 Å². The van der Waals surface area contributed by atoms with E-state index < -0.39 is 41.6 Å². The molecule has 1 saturated heterocycles. The van der Waals surface area contributed by atoms with Crippen LogP contribution in [0, 0.1) is 5.92 Å². The molecule has 10 nitrogen and oxygen atoms in total. The number of amides is 2. The third kappa shape index (κ3) is 6.86. The fourth-order valence-electron chi connectivity index (χ4n) is 4.08. The summed E-state index contributed by atoms with van der Waals surface area (Å²) in [5, 5.41) is 8.64. The quantitative estimate of drug-likeness (QED) is 0.425. The molecule has 3 unspecified atom stereocenters. The van der Waals surface area contributed by atoms with Gasteiger partial charge in [-0.1, -0.05) is 13.8 Å². The number of rotatable bonds is 12. The summed E-state index contributed by atoms with van der Waals surface area (Å²) in [5.74, 6) is -0.775. The number of imide groups is 1. The van der Waals surface area contributed by atoms with Crippen molar-refractivity contribution in [3.8, 4) is 0 Å². The smallest absolute Gasteiger partial charge is 0.417 e. The van der Waals surface area contributed by atoms with Crippen LogP contribution >= 0.6 is 0 Å². The second-order valence-corrected chi connectivity index (χ2v) is 8.64. The summed E-state index contributed by atoms with van der Waals surface area (Å²) in [6.07, 6.45) is 1.80. The van der Waals surface area contributed by atoms with E-state index >= 15 is 0 Å². The van der Waals surface area contributed by atoms with Gasteiger partial charge in [0.25, 0.3) is 5.91 Å². The number of ether oxygens (including phenoxy) is 5. The van der Waals surface area contributed by atoms with Gasteiger partial charge in [-0.15, -0.1) is 0 Å². The predicted molar refractivity (Wildman–Crippen MR) is 117 cm³/mol. The van der Waals surface area contributed by atoms with E-state index in [1.807, 2.05) is 13.8 Å². The number of aliphatic hydroxyl groups is 1. The fourth-order valence-corrected chi connectivity index (χ4v) is 4.08. The van der Waals surface area contributed by atoms with Gasteiger partial charge in [0.1, 0.15) is 11.4 Å². The van der Waals surface area contributed by atoms with Crippen LogP contribution in [0.4, 0.5) is 4.79 Å². The molecular formula is C23H35NO9. The van der Waals surface area contributed by atoms with E-state index in [0.29, 0.717) is 32.0 Å². The minimum Gasteiger partial charge on any atom is -0.479 e. The Kier molecular flexibility index (Phi) is 10.0. The van der Waals surface area contributed by atoms with Crippen LogP contribution in [0.5, 0.6) is 0 Å². The van der Waals surface area contributed by atoms with Gasteiger partial charge in [0.15, 0.2) is 18.0 Å². The lowest BCUT2D eigenvalue weighted by Gasteiger charge is -2.34. The minimum absolute atomic E-state index is 0.0323. The van der Waals surface area contributed by atoms with Crippen molar-refractivity contribution < 1.29 is 43.2 Å². The molecule has 2 heterocycles. The van der Waals surface area contributed by atoms with Crippen LogP contribution in [0.15, 0.2) is 24.0 Å². The molecule has 2 aliphatic rings. The van der Waals surface area contributed by atoms with Gasteiger partial charge in [0.05, 0.1) is 39.1 Å². The topological polar surface area (TPSA) is 121 Å². The number of cyclic esters (lactones) is 1. The predicted octanol–water partition coefficient (Wildman–Crippen LogP) is 1.61. The maximum Gasteiger partial charge on any atom is 0.417 e. The number of ketones is 1. The highest BCUT2D eigenvalue weighted by Gasteiger charge is 2.54. The molecule has 1 N–H and O–H groups in total. The minimum atomic E-state index is -1.31. The Hall–Kier alpha value is -2.27. The van der Waals surface area contributed by atoms with Crippen LogP contribution in [-0.4, -0.2) is 91.8 Å². The van der Waals surface area contributed by atoms with Gasteiger partial charge in [-0.25, -0.2) is 9.69 Å². The van der Waals surface area contributed by atoms with E-state index in [4.69, 9.17) is 28.8 Å². The summed E-state index contributed by atoms with van der Waals surface area (Å²) in [5.41, 5.74) is -0.870. The number of carbonyl (C=O) groups excluding carboxylic acids is 3. The summed E-state index contributed by atoms with van der Waals surface area (Å²) in [6, 6.07) is -0.516. The average Bonchev–Trinajstić information content (AvgIpc) is 3.00. The Morgan fingerprint density at radius 2 is 1.85 bits per heavy atom. The molecule has 10 heteroatoms. The number of hydrogen-bond donors (Lipinski definition) is 1. The second-order valence-electron chi connectivity index (χ2n) is 8.64. The van der Waals surface area contributed by atoms with Crippen LogP contribution in [0.2, 0.25) is 0 Å². The van der Waals surface area contributed by atoms with Crippen LogP contribution < -0.4 is 0 Å². The van der Waals surface area contributed by atoms with Crippen molar-refractivity contribution in [3.05, 3.63) is 24.0 Å². The SMILES string of the molecule is COC(C(=O)N1C(=O)OC(C)(C)C1C(C)C)C1OC(=CCCOCCOCCO)C=CC1=O. The summed E-state index contributed by atoms with van der Waals surface area (Å²) in [4.78, 5) is 39.4. The molecule has 2 amide bonds. The zero-order valence-corrected chi connectivity index (χ0v) is 19.9. The van der Waals surface area contributed by atoms with E-state index in [1.165, 1.54) is 19.3 Å². The Bertz CT molecular complexity index is 759. The Morgan fingerprint density at radius 1 is 1.18 bits per heavy atom. The third-order valence-electron chi connectivity index (χ3n) is 5.35. The molecule has 0 aromatic carbocycles. The molecule has 2 aliphatic heterocycles. The summed E-state index contributed by atoms with van der Waals surface area (Å²) in [6.45, 7) is 8.69. The van der Waals surface area contributed by atoms with E-state index in [9.17, 15) is 14.4 Å². The van der Waals surface area contributed by atoms with Crippen LogP contribution in [0.3, 0.4) is 0 Å². The zero-order chi connectivity index (χ0) is 24.6. The Labute approximate surface area is 194 Å². The van der Waals surface area contributed by atoms with Crippen molar-refractivity contribution in [3.63, 3.8) is 0 Å². The lowest BCUT2D eigenvalue weighted by Crippen LogP contribution is -2.55. The van der Waals surface area contributed by atoms with Crippen molar-refractivity contribution in [1.29, 1.82) is 0 Å². The lowest BCUT2D eigenvalue weighted by molar-refractivity contribution is -0.154. The van der Waals surface area contributed by atoms with E-state index in [0.717, 1.165) is 4.90 Å². The molecule has 186 valence electrons. The first-order chi connectivity index (χ1) is 15.6. The van der Waals surface area contributed by atoms with Crippen LogP contribution in [-0.2, 0) is 33.3 Å². The van der Waals surface area contributed by atoms with Crippen molar-refractivity contribution in [2.24, 2.45) is 5.92 Å². The van der Waals surface area contributed by atoms with Crippen molar-refractivity contribution in [1.82, 2.24) is 4.90 Å². The van der Waals surface area contributed by atoms with Gasteiger partial charge in [-0.05, 0) is 44.4 Å². The van der Waals surface area contributed by atoms with E-state index in [2.05, 4.69) is 0 Å². The van der Waals surface area contributed by atoms with Crippen molar-refractivity contribution >= 4 is 17.8 Å². The molecule has 2 rings (SSSR count). The average molecular weight is 470 g/mol. The highest BCUT2D eigenvalue weighted by atomic mass is 16.6. The largest absolute Gasteiger partial charge is 0.479 e. The zero-order valence-electron chi connectivity index (χ0n) is 19.9. The molecule has 1 fully saturated rings. The number of nitrogens with zero attached hydrogens (tertiary/aromatic N) is 1. The van der Waals surface area contributed by atoms with Gasteiger partial charge >= 0.3 is 6.09 Å². The number of carbonyl (C=O) groups is 3. The number of hydrogen-bond acceptors (Lipinski definition) is 9. The molecule has 0 saturated carbocycles. The molecule has 3 atom stereocenters. The maximum absolute atomic E-state index is 13.3. The van der Waals surface area contributed by atoms with Crippen molar-refractivity contribution in [2.75, 3.05) is 40.1 Å². The first-order valence-corrected chi connectivity index (χ1v) is 11.1. The van der Waals surface area contributed by atoms with Gasteiger partial charge in [0.2, 0.25) is 0 Å². The first-order valence-electron chi connectivity index (χ1n) is 11.1. The van der Waals surface area contributed by atoms with Gasteiger partial charge < -0.3 is 28.8 Å². The van der Waals surface area contributed by atoms with Crippen LogP contribution in [0.25, 0.3) is 0 Å². The summed E-state index contributed by atoms with van der Waals surface area (Å²) >= 11 is 0. The normalized spacial score (nSPS) is 24.3. The molecular weight excluding hydrogens is 434 g/mol. The molecule has 0 aromatic heterocycles. The first kappa shape index (κ1) is 27.0. The molecule has 33 heavy (non-hydrogen) atoms. The molecule has 0 bridgehead atoms. The van der Waals surface area contributed by atoms with Gasteiger partial charge in [-0.2, -0.15) is 0 Å². The molecule has 0 spiro atoms. The number of allylic oxidation sites excluding steroid dienone is 1.